The number of nitrogen functional groups attached to an aromatic ring is 1. The maximum Gasteiger partial charge on any atom is 0.325 e. The summed E-state index contributed by atoms with van der Waals surface area (Å²) in [5.41, 5.74) is 7.20. The molecule has 10 nitrogen and oxygen atoms in total. The largest absolute Gasteiger partial charge is 0.384 e. The Hall–Kier alpha value is -3.43. The number of imide groups is 1. The first-order valence-electron chi connectivity index (χ1n) is 12.4. The van der Waals surface area contributed by atoms with E-state index in [0.717, 1.165) is 42.6 Å². The number of anilines is 2. The van der Waals surface area contributed by atoms with Gasteiger partial charge in [0.2, 0.25) is 5.91 Å². The number of likely N-dealkylation sites (tertiary alicyclic amines) is 1. The summed E-state index contributed by atoms with van der Waals surface area (Å²) in [4.78, 5) is 46.8. The van der Waals surface area contributed by atoms with Crippen molar-refractivity contribution in [3.63, 3.8) is 0 Å². The van der Waals surface area contributed by atoms with Gasteiger partial charge >= 0.3 is 6.03 Å². The van der Waals surface area contributed by atoms with Crippen LogP contribution in [0.15, 0.2) is 30.7 Å². The second-order valence-electron chi connectivity index (χ2n) is 9.68. The van der Waals surface area contributed by atoms with Gasteiger partial charge in [-0.25, -0.2) is 9.78 Å². The van der Waals surface area contributed by atoms with Crippen molar-refractivity contribution in [2.75, 3.05) is 17.7 Å². The average molecular weight is 482 g/mol. The Labute approximate surface area is 205 Å². The number of carbonyl (C=O) groups is 3. The molecule has 4 rings (SSSR count). The molecule has 3 heterocycles. The molecule has 0 bridgehead atoms. The number of likely N-dealkylation sites (N-methyl/N-ethyl adjacent to an activating group) is 1. The summed E-state index contributed by atoms with van der Waals surface area (Å²) in [7, 11) is 3.40. The normalized spacial score (nSPS) is 21.3. The smallest absolute Gasteiger partial charge is 0.325 e. The molecule has 2 aromatic heterocycles. The topological polar surface area (TPSA) is 126 Å². The van der Waals surface area contributed by atoms with Crippen LogP contribution in [0.1, 0.15) is 51.0 Å². The molecule has 3 N–H and O–H groups in total. The molecule has 2 aromatic rings. The summed E-state index contributed by atoms with van der Waals surface area (Å²) >= 11 is 0. The maximum absolute atomic E-state index is 13.6. The highest BCUT2D eigenvalue weighted by Crippen LogP contribution is 2.34. The van der Waals surface area contributed by atoms with E-state index in [1.54, 1.807) is 49.5 Å². The van der Waals surface area contributed by atoms with Crippen LogP contribution < -0.4 is 16.0 Å². The van der Waals surface area contributed by atoms with E-state index in [-0.39, 0.29) is 17.9 Å². The number of nitrogens with zero attached hydrogens (tertiary/aromatic N) is 5. The highest BCUT2D eigenvalue weighted by molar-refractivity contribution is 6.12. The van der Waals surface area contributed by atoms with E-state index in [9.17, 15) is 14.4 Å². The third-order valence-corrected chi connectivity index (χ3v) is 7.36. The summed E-state index contributed by atoms with van der Waals surface area (Å²) in [6, 6.07) is 2.05. The molecule has 0 unspecified atom stereocenters. The summed E-state index contributed by atoms with van der Waals surface area (Å²) in [5.74, 6) is -0.599. The first-order chi connectivity index (χ1) is 16.8. The van der Waals surface area contributed by atoms with Gasteiger partial charge in [-0.15, -0.1) is 0 Å². The molecule has 1 saturated carbocycles. The second kappa shape index (κ2) is 10.5. The first kappa shape index (κ1) is 24.7. The zero-order valence-electron chi connectivity index (χ0n) is 20.7. The number of hydrogen-bond acceptors (Lipinski definition) is 6. The quantitative estimate of drug-likeness (QED) is 0.585. The molecule has 0 radical (unpaired) electrons. The number of aryl methyl sites for hydroxylation is 1. The lowest BCUT2D eigenvalue weighted by atomic mass is 9.81. The van der Waals surface area contributed by atoms with Crippen molar-refractivity contribution in [2.45, 2.75) is 64.0 Å². The SMILES string of the molecule is CC[C@@H](NC(=O)N1C(=O)[C@H](Cc2ccnc(N)c2)[C@H]1C(=O)N(C)c1cnn(C)c1)C1CCCCC1. The molecule has 2 aliphatic rings. The van der Waals surface area contributed by atoms with Gasteiger partial charge in [-0.05, 0) is 49.3 Å². The van der Waals surface area contributed by atoms with Crippen LogP contribution in [0.2, 0.25) is 0 Å². The van der Waals surface area contributed by atoms with Gasteiger partial charge in [-0.3, -0.25) is 19.2 Å². The van der Waals surface area contributed by atoms with Gasteiger partial charge in [0.1, 0.15) is 11.9 Å². The zero-order chi connectivity index (χ0) is 25.1. The van der Waals surface area contributed by atoms with Gasteiger partial charge < -0.3 is 16.0 Å². The number of nitrogens with two attached hydrogens (primary N) is 1. The number of rotatable bonds is 7. The molecule has 3 atom stereocenters. The summed E-state index contributed by atoms with van der Waals surface area (Å²) in [6.07, 6.45) is 11.7. The number of pyridine rings is 1. The number of carbonyl (C=O) groups excluding carboxylic acids is 3. The van der Waals surface area contributed by atoms with E-state index in [1.165, 1.54) is 11.3 Å². The van der Waals surface area contributed by atoms with Crippen molar-refractivity contribution < 1.29 is 14.4 Å². The molecular formula is C25H35N7O3. The zero-order valence-corrected chi connectivity index (χ0v) is 20.7. The van der Waals surface area contributed by atoms with E-state index in [4.69, 9.17) is 5.73 Å². The first-order valence-corrected chi connectivity index (χ1v) is 12.4. The molecule has 10 heteroatoms. The minimum absolute atomic E-state index is 0.0125. The lowest BCUT2D eigenvalue weighted by molar-refractivity contribution is -0.156. The van der Waals surface area contributed by atoms with Crippen molar-refractivity contribution in [3.05, 3.63) is 36.3 Å². The van der Waals surface area contributed by atoms with E-state index in [1.807, 2.05) is 6.92 Å². The second-order valence-corrected chi connectivity index (χ2v) is 9.68. The van der Waals surface area contributed by atoms with Gasteiger partial charge in [0.15, 0.2) is 0 Å². The van der Waals surface area contributed by atoms with Crippen LogP contribution in [0.5, 0.6) is 0 Å². The van der Waals surface area contributed by atoms with Gasteiger partial charge in [0.25, 0.3) is 5.91 Å². The van der Waals surface area contributed by atoms with Gasteiger partial charge in [-0.2, -0.15) is 5.10 Å². The lowest BCUT2D eigenvalue weighted by Crippen LogP contribution is -2.71. The number of β-lactam (4-membered cyclic amide) rings is 1. The highest BCUT2D eigenvalue weighted by Gasteiger charge is 2.55. The van der Waals surface area contributed by atoms with Crippen LogP contribution in [0.3, 0.4) is 0 Å². The number of amides is 4. The van der Waals surface area contributed by atoms with Crippen LogP contribution >= 0.6 is 0 Å². The maximum atomic E-state index is 13.6. The molecule has 0 aromatic carbocycles. The Balaban J connectivity index is 1.56. The molecule has 4 amide bonds. The van der Waals surface area contributed by atoms with Crippen LogP contribution in [0.25, 0.3) is 0 Å². The Morgan fingerprint density at radius 1 is 1.29 bits per heavy atom. The molecule has 35 heavy (non-hydrogen) atoms. The lowest BCUT2D eigenvalue weighted by Gasteiger charge is -2.46. The Bertz CT molecular complexity index is 1080. The third kappa shape index (κ3) is 5.16. The van der Waals surface area contributed by atoms with E-state index in [0.29, 0.717) is 23.8 Å². The van der Waals surface area contributed by atoms with Crippen molar-refractivity contribution in [3.8, 4) is 0 Å². The summed E-state index contributed by atoms with van der Waals surface area (Å²) < 4.78 is 1.60. The van der Waals surface area contributed by atoms with Crippen LogP contribution in [0, 0.1) is 11.8 Å². The van der Waals surface area contributed by atoms with Gasteiger partial charge in [0.05, 0.1) is 17.8 Å². The van der Waals surface area contributed by atoms with Gasteiger partial charge in [-0.1, -0.05) is 26.2 Å². The monoisotopic (exact) mass is 481 g/mol. The Morgan fingerprint density at radius 3 is 2.66 bits per heavy atom. The highest BCUT2D eigenvalue weighted by atomic mass is 16.2. The fourth-order valence-corrected chi connectivity index (χ4v) is 5.36. The number of nitrogens with one attached hydrogen (secondary N) is 1. The Kier molecular flexibility index (Phi) is 7.37. The minimum atomic E-state index is -0.911. The molecule has 1 aliphatic carbocycles. The van der Waals surface area contributed by atoms with Crippen molar-refractivity contribution in [1.29, 1.82) is 0 Å². The molecule has 0 spiro atoms. The fraction of sp³-hybridized carbons (Fsp3) is 0.560. The van der Waals surface area contributed by atoms with Crippen LogP contribution in [-0.2, 0) is 23.1 Å². The van der Waals surface area contributed by atoms with E-state index in [2.05, 4.69) is 15.4 Å². The molecule has 2 fully saturated rings. The van der Waals surface area contributed by atoms with E-state index < -0.39 is 18.0 Å². The van der Waals surface area contributed by atoms with E-state index >= 15 is 0 Å². The van der Waals surface area contributed by atoms with Gasteiger partial charge in [0, 0.05) is 32.5 Å². The average Bonchev–Trinajstić information content (AvgIpc) is 3.29. The predicted octanol–water partition coefficient (Wildman–Crippen LogP) is 2.50. The van der Waals surface area contributed by atoms with Crippen molar-refractivity contribution in [2.24, 2.45) is 18.9 Å². The summed E-state index contributed by atoms with van der Waals surface area (Å²) in [5, 5.41) is 7.21. The number of aromatic nitrogens is 3. The number of hydrogen-bond donors (Lipinski definition) is 2. The third-order valence-electron chi connectivity index (χ3n) is 7.36. The molecule has 1 aliphatic heterocycles. The fourth-order valence-electron chi connectivity index (χ4n) is 5.36. The minimum Gasteiger partial charge on any atom is -0.384 e. The Morgan fingerprint density at radius 2 is 2.03 bits per heavy atom. The molecule has 1 saturated heterocycles. The van der Waals surface area contributed by atoms with Crippen molar-refractivity contribution in [1.82, 2.24) is 25.0 Å². The predicted molar refractivity (Wildman–Crippen MR) is 132 cm³/mol. The molecular weight excluding hydrogens is 446 g/mol. The van der Waals surface area contributed by atoms with Crippen molar-refractivity contribution >= 4 is 29.4 Å². The number of urea groups is 1. The van der Waals surface area contributed by atoms with Crippen LogP contribution in [-0.4, -0.2) is 56.6 Å². The summed E-state index contributed by atoms with van der Waals surface area (Å²) in [6.45, 7) is 2.05. The standard InChI is InChI=1S/C25H35N7O3/c1-4-20(17-8-6-5-7-9-17)29-25(35)32-22(24(34)31(3)18-14-28-30(2)15-18)19(23(32)33)12-16-10-11-27-21(26)13-16/h10-11,13-15,17,19-20,22H,4-9,12H2,1-3H3,(H2,26,27)(H,29,35)/t19-,20-,22+/m1/s1. The molecule has 188 valence electrons. The van der Waals surface area contributed by atoms with Crippen LogP contribution in [0.4, 0.5) is 16.3 Å².